The number of nitrogens with zero attached hydrogens (tertiary/aromatic N) is 3. The molecule has 26 heavy (non-hydrogen) atoms. The summed E-state index contributed by atoms with van der Waals surface area (Å²) >= 11 is 1.74. The van der Waals surface area contributed by atoms with Crippen LogP contribution in [0.4, 0.5) is 0 Å². The molecule has 1 aliphatic heterocycles. The maximum absolute atomic E-state index is 5.81. The average molecular weight is 399 g/mol. The van der Waals surface area contributed by atoms with Gasteiger partial charge in [0.2, 0.25) is 0 Å². The molecule has 0 spiro atoms. The lowest BCUT2D eigenvalue weighted by Crippen LogP contribution is -2.27. The summed E-state index contributed by atoms with van der Waals surface area (Å²) in [5, 5.41) is 13.2. The van der Waals surface area contributed by atoms with Crippen LogP contribution in [0.2, 0.25) is 0 Å². The van der Waals surface area contributed by atoms with E-state index in [1.807, 2.05) is 24.3 Å². The molecule has 1 aliphatic rings. The highest BCUT2D eigenvalue weighted by atomic mass is 35.5. The van der Waals surface area contributed by atoms with Gasteiger partial charge in [-0.15, -0.1) is 22.6 Å². The van der Waals surface area contributed by atoms with Gasteiger partial charge in [0.05, 0.1) is 13.7 Å². The fourth-order valence-corrected chi connectivity index (χ4v) is 3.86. The van der Waals surface area contributed by atoms with Gasteiger partial charge in [-0.1, -0.05) is 23.9 Å². The smallest absolute Gasteiger partial charge is 0.190 e. The van der Waals surface area contributed by atoms with Crippen molar-refractivity contribution in [2.45, 2.75) is 30.3 Å². The monoisotopic (exact) mass is 398 g/mol. The van der Waals surface area contributed by atoms with Gasteiger partial charge in [0.1, 0.15) is 5.82 Å². The fourth-order valence-electron chi connectivity index (χ4n) is 3.03. The lowest BCUT2D eigenvalue weighted by atomic mass is 9.97. The summed E-state index contributed by atoms with van der Waals surface area (Å²) in [6.07, 6.45) is 3.23. The molecule has 144 valence electrons. The van der Waals surface area contributed by atoms with E-state index < -0.39 is 0 Å². The molecule has 6 nitrogen and oxygen atoms in total. The van der Waals surface area contributed by atoms with Gasteiger partial charge in [0.25, 0.3) is 0 Å². The highest BCUT2D eigenvalue weighted by molar-refractivity contribution is 7.99. The molecular formula is C18H27ClN4O2S. The number of hydrogen-bond donors (Lipinski definition) is 1. The number of hydrogen-bond acceptors (Lipinski definition) is 6. The Hall–Kier alpha value is -1.44. The highest BCUT2D eigenvalue weighted by Gasteiger charge is 2.21. The number of aromatic nitrogens is 3. The van der Waals surface area contributed by atoms with Crippen LogP contribution in [0.25, 0.3) is 0 Å². The second-order valence-electron chi connectivity index (χ2n) is 6.13. The molecule has 3 rings (SSSR count). The zero-order valence-electron chi connectivity index (χ0n) is 15.3. The third-order valence-electron chi connectivity index (χ3n) is 4.42. The van der Waals surface area contributed by atoms with E-state index in [-0.39, 0.29) is 12.4 Å². The molecule has 0 bridgehead atoms. The Balaban J connectivity index is 0.00000243. The van der Waals surface area contributed by atoms with Crippen LogP contribution in [0.1, 0.15) is 31.0 Å². The summed E-state index contributed by atoms with van der Waals surface area (Å²) in [6.45, 7) is 2.80. The summed E-state index contributed by atoms with van der Waals surface area (Å²) < 4.78 is 13.3. The summed E-state index contributed by atoms with van der Waals surface area (Å²) in [5.41, 5.74) is 0. The van der Waals surface area contributed by atoms with Gasteiger partial charge in [0.15, 0.2) is 16.7 Å². The van der Waals surface area contributed by atoms with Gasteiger partial charge < -0.3 is 19.4 Å². The lowest BCUT2D eigenvalue weighted by molar-refractivity contribution is 0.295. The zero-order chi connectivity index (χ0) is 17.5. The van der Waals surface area contributed by atoms with Gasteiger partial charge in [-0.05, 0) is 44.5 Å². The van der Waals surface area contributed by atoms with E-state index >= 15 is 0 Å². The van der Waals surface area contributed by atoms with Crippen LogP contribution in [0, 0.1) is 0 Å². The normalized spacial score (nSPS) is 14.7. The number of benzene rings is 1. The van der Waals surface area contributed by atoms with Crippen LogP contribution >= 0.6 is 24.2 Å². The Bertz CT molecular complexity index is 677. The lowest BCUT2D eigenvalue weighted by Gasteiger charge is -2.21. The minimum Gasteiger partial charge on any atom is -0.493 e. The predicted octanol–water partition coefficient (Wildman–Crippen LogP) is 3.27. The van der Waals surface area contributed by atoms with Crippen LogP contribution < -0.4 is 14.8 Å². The van der Waals surface area contributed by atoms with Gasteiger partial charge in [-0.3, -0.25) is 0 Å². The molecule has 1 aromatic carbocycles. The Morgan fingerprint density at radius 1 is 1.19 bits per heavy atom. The van der Waals surface area contributed by atoms with Crippen molar-refractivity contribution in [3.8, 4) is 11.5 Å². The van der Waals surface area contributed by atoms with Crippen molar-refractivity contribution in [2.24, 2.45) is 7.05 Å². The van der Waals surface area contributed by atoms with E-state index in [9.17, 15) is 0 Å². The Labute approximate surface area is 165 Å². The molecule has 0 aliphatic carbocycles. The Kier molecular flexibility index (Phi) is 8.54. The maximum Gasteiger partial charge on any atom is 0.190 e. The molecule has 2 aromatic rings. The average Bonchev–Trinajstić information content (AvgIpc) is 3.03. The van der Waals surface area contributed by atoms with Gasteiger partial charge >= 0.3 is 0 Å². The van der Waals surface area contributed by atoms with Crippen molar-refractivity contribution in [3.05, 3.63) is 30.1 Å². The van der Waals surface area contributed by atoms with E-state index in [2.05, 4.69) is 27.1 Å². The van der Waals surface area contributed by atoms with Crippen LogP contribution in [-0.4, -0.2) is 47.3 Å². The van der Waals surface area contributed by atoms with E-state index in [0.717, 1.165) is 60.6 Å². The molecule has 0 radical (unpaired) electrons. The van der Waals surface area contributed by atoms with Crippen molar-refractivity contribution < 1.29 is 9.47 Å². The number of rotatable bonds is 8. The number of nitrogens with one attached hydrogen (secondary N) is 1. The number of ether oxygens (including phenoxy) is 2. The molecule has 0 amide bonds. The highest BCUT2D eigenvalue weighted by Crippen LogP contribution is 2.27. The van der Waals surface area contributed by atoms with E-state index in [0.29, 0.717) is 12.5 Å². The second kappa shape index (κ2) is 10.6. The van der Waals surface area contributed by atoms with Crippen LogP contribution in [0.15, 0.2) is 29.4 Å². The first-order chi connectivity index (χ1) is 12.3. The van der Waals surface area contributed by atoms with Crippen molar-refractivity contribution >= 4 is 24.2 Å². The van der Waals surface area contributed by atoms with Gasteiger partial charge in [-0.2, -0.15) is 0 Å². The molecule has 1 fully saturated rings. The first-order valence-corrected chi connectivity index (χ1v) is 9.76. The largest absolute Gasteiger partial charge is 0.493 e. The van der Waals surface area contributed by atoms with Crippen LogP contribution in [-0.2, 0) is 7.05 Å². The van der Waals surface area contributed by atoms with E-state index in [4.69, 9.17) is 9.47 Å². The van der Waals surface area contributed by atoms with Gasteiger partial charge in [-0.25, -0.2) is 0 Å². The van der Waals surface area contributed by atoms with Crippen LogP contribution in [0.5, 0.6) is 11.5 Å². The molecule has 0 saturated carbocycles. The number of piperidine rings is 1. The van der Waals surface area contributed by atoms with E-state index in [1.165, 1.54) is 0 Å². The molecule has 0 atom stereocenters. The maximum atomic E-state index is 5.81. The topological polar surface area (TPSA) is 61.2 Å². The standard InChI is InChI=1S/C18H26N4O2S.ClH/c1-22-17(14-8-10-19-11-9-14)20-21-18(22)25-13-5-12-24-16-7-4-3-6-15(16)23-2;/h3-4,6-7,14,19H,5,8-13H2,1-2H3;1H. The van der Waals surface area contributed by atoms with E-state index in [1.54, 1.807) is 18.9 Å². The quantitative estimate of drug-likeness (QED) is 0.544. The fraction of sp³-hybridized carbons (Fsp3) is 0.556. The van der Waals surface area contributed by atoms with Crippen molar-refractivity contribution in [1.29, 1.82) is 0 Å². The molecule has 2 heterocycles. The number of thioether (sulfide) groups is 1. The number of para-hydroxylation sites is 2. The number of halogens is 1. The third-order valence-corrected chi connectivity index (χ3v) is 5.53. The second-order valence-corrected chi connectivity index (χ2v) is 7.19. The molecule has 1 aromatic heterocycles. The Morgan fingerprint density at radius 2 is 1.92 bits per heavy atom. The summed E-state index contributed by atoms with van der Waals surface area (Å²) in [4.78, 5) is 0. The third kappa shape index (κ3) is 5.28. The van der Waals surface area contributed by atoms with Crippen molar-refractivity contribution in [1.82, 2.24) is 20.1 Å². The summed E-state index contributed by atoms with van der Waals surface area (Å²) in [5.74, 6) is 4.17. The molecule has 0 unspecified atom stereocenters. The first kappa shape index (κ1) is 20.9. The predicted molar refractivity (Wildman–Crippen MR) is 107 cm³/mol. The Morgan fingerprint density at radius 3 is 2.65 bits per heavy atom. The first-order valence-electron chi connectivity index (χ1n) is 8.78. The SMILES string of the molecule is COc1ccccc1OCCCSc1nnc(C2CCNCC2)n1C.Cl. The van der Waals surface area contributed by atoms with Crippen molar-refractivity contribution in [3.63, 3.8) is 0 Å². The minimum absolute atomic E-state index is 0. The minimum atomic E-state index is 0. The summed E-state index contributed by atoms with van der Waals surface area (Å²) in [7, 11) is 3.73. The molecule has 1 saturated heterocycles. The molecule has 8 heteroatoms. The van der Waals surface area contributed by atoms with Crippen LogP contribution in [0.3, 0.4) is 0 Å². The zero-order valence-corrected chi connectivity index (χ0v) is 16.9. The molecular weight excluding hydrogens is 372 g/mol. The van der Waals surface area contributed by atoms with Crippen molar-refractivity contribution in [2.75, 3.05) is 32.6 Å². The number of methoxy groups -OCH3 is 1. The van der Waals surface area contributed by atoms with Gasteiger partial charge in [0, 0.05) is 18.7 Å². The summed E-state index contributed by atoms with van der Waals surface area (Å²) in [6, 6.07) is 7.73. The molecule has 1 N–H and O–H groups in total.